The van der Waals surface area contributed by atoms with E-state index >= 15 is 0 Å². The van der Waals surface area contributed by atoms with Crippen LogP contribution in [-0.2, 0) is 16.0 Å². The van der Waals surface area contributed by atoms with Gasteiger partial charge in [-0.25, -0.2) is 0 Å². The molecule has 1 N–H and O–H groups in total. The normalized spacial score (nSPS) is 10.3. The molecule has 0 fully saturated rings. The lowest BCUT2D eigenvalue weighted by Crippen LogP contribution is -2.19. The van der Waals surface area contributed by atoms with Crippen molar-refractivity contribution in [1.82, 2.24) is 5.32 Å². The van der Waals surface area contributed by atoms with Crippen molar-refractivity contribution >= 4 is 11.7 Å². The number of benzene rings is 1. The van der Waals surface area contributed by atoms with Gasteiger partial charge < -0.3 is 5.32 Å². The molecule has 0 spiro atoms. The van der Waals surface area contributed by atoms with Gasteiger partial charge >= 0.3 is 0 Å². The second kappa shape index (κ2) is 6.56. The van der Waals surface area contributed by atoms with Gasteiger partial charge in [0.15, 0.2) is 0 Å². The highest BCUT2D eigenvalue weighted by atomic mass is 16.2. The van der Waals surface area contributed by atoms with Crippen LogP contribution < -0.4 is 5.32 Å². The molecule has 84 valence electrons. The number of hydrogen-bond acceptors (Lipinski definition) is 2. The van der Waals surface area contributed by atoms with Crippen molar-refractivity contribution in [2.75, 3.05) is 0 Å². The lowest BCUT2D eigenvalue weighted by atomic mass is 10.1. The largest absolute Gasteiger partial charge is 0.333 e. The van der Waals surface area contributed by atoms with E-state index in [2.05, 4.69) is 5.32 Å². The number of rotatable bonds is 5. The van der Waals surface area contributed by atoms with Crippen molar-refractivity contribution in [3.05, 3.63) is 48.2 Å². The monoisotopic (exact) mass is 217 g/mol. The smallest absolute Gasteiger partial charge is 0.231 e. The third kappa shape index (κ3) is 5.10. The Morgan fingerprint density at radius 1 is 1.25 bits per heavy atom. The maximum absolute atomic E-state index is 11.1. The van der Waals surface area contributed by atoms with Gasteiger partial charge in [0.05, 0.1) is 6.42 Å². The summed E-state index contributed by atoms with van der Waals surface area (Å²) in [5, 5.41) is 2.54. The first-order chi connectivity index (χ1) is 7.68. The maximum atomic E-state index is 11.1. The Kier molecular flexibility index (Phi) is 4.99. The Labute approximate surface area is 95.2 Å². The predicted octanol–water partition coefficient (Wildman–Crippen LogP) is 1.84. The van der Waals surface area contributed by atoms with Crippen LogP contribution >= 0.6 is 0 Å². The predicted molar refractivity (Wildman–Crippen MR) is 62.7 cm³/mol. The van der Waals surface area contributed by atoms with Crippen molar-refractivity contribution in [2.45, 2.75) is 19.8 Å². The summed E-state index contributed by atoms with van der Waals surface area (Å²) in [4.78, 5) is 21.7. The molecule has 1 aromatic carbocycles. The summed E-state index contributed by atoms with van der Waals surface area (Å²) < 4.78 is 0. The molecule has 1 amide bonds. The summed E-state index contributed by atoms with van der Waals surface area (Å²) in [7, 11) is 0. The van der Waals surface area contributed by atoms with Crippen molar-refractivity contribution in [3.8, 4) is 0 Å². The van der Waals surface area contributed by atoms with Crippen LogP contribution in [0.5, 0.6) is 0 Å². The fourth-order valence-electron chi connectivity index (χ4n) is 1.24. The van der Waals surface area contributed by atoms with Gasteiger partial charge in [-0.05, 0) is 18.9 Å². The molecule has 0 saturated heterocycles. The molecule has 0 radical (unpaired) electrons. The van der Waals surface area contributed by atoms with Crippen LogP contribution in [0.2, 0.25) is 0 Å². The van der Waals surface area contributed by atoms with E-state index in [1.165, 1.54) is 12.5 Å². The Hall–Kier alpha value is -1.90. The highest BCUT2D eigenvalue weighted by Crippen LogP contribution is 1.99. The van der Waals surface area contributed by atoms with Gasteiger partial charge in [0.1, 0.15) is 5.78 Å². The topological polar surface area (TPSA) is 46.2 Å². The van der Waals surface area contributed by atoms with Gasteiger partial charge in [-0.1, -0.05) is 36.4 Å². The molecule has 3 heteroatoms. The van der Waals surface area contributed by atoms with E-state index in [1.807, 2.05) is 36.4 Å². The molecule has 0 unspecified atom stereocenters. The molecule has 1 aromatic rings. The third-order valence-electron chi connectivity index (χ3n) is 1.97. The van der Waals surface area contributed by atoms with Gasteiger partial charge in [-0.2, -0.15) is 0 Å². The summed E-state index contributed by atoms with van der Waals surface area (Å²) in [6.07, 6.45) is 4.14. The molecule has 0 saturated carbocycles. The standard InChI is InChI=1S/C13H15NO2/c1-11(15)10-13(16)14-9-5-8-12-6-3-2-4-7-12/h2-7,9H,8,10H2,1H3,(H,14,16). The van der Waals surface area contributed by atoms with E-state index in [1.54, 1.807) is 6.20 Å². The Bertz CT molecular complexity index is 382. The van der Waals surface area contributed by atoms with E-state index in [9.17, 15) is 9.59 Å². The number of amides is 1. The molecule has 0 aliphatic heterocycles. The minimum Gasteiger partial charge on any atom is -0.333 e. The van der Waals surface area contributed by atoms with Crippen LogP contribution in [-0.4, -0.2) is 11.7 Å². The van der Waals surface area contributed by atoms with E-state index in [-0.39, 0.29) is 18.1 Å². The first-order valence-corrected chi connectivity index (χ1v) is 5.16. The molecule has 0 atom stereocenters. The van der Waals surface area contributed by atoms with Crippen LogP contribution in [0.15, 0.2) is 42.6 Å². The maximum Gasteiger partial charge on any atom is 0.231 e. The lowest BCUT2D eigenvalue weighted by Gasteiger charge is -1.97. The molecule has 0 aromatic heterocycles. The zero-order valence-corrected chi connectivity index (χ0v) is 9.27. The van der Waals surface area contributed by atoms with Crippen molar-refractivity contribution in [3.63, 3.8) is 0 Å². The highest BCUT2D eigenvalue weighted by Gasteiger charge is 2.01. The molecule has 3 nitrogen and oxygen atoms in total. The minimum atomic E-state index is -0.267. The second-order valence-electron chi connectivity index (χ2n) is 3.54. The van der Waals surface area contributed by atoms with Crippen LogP contribution in [0.3, 0.4) is 0 Å². The van der Waals surface area contributed by atoms with Crippen LogP contribution in [0.1, 0.15) is 18.9 Å². The molecule has 0 heterocycles. The van der Waals surface area contributed by atoms with Crippen molar-refractivity contribution in [1.29, 1.82) is 0 Å². The lowest BCUT2D eigenvalue weighted by molar-refractivity contribution is -0.126. The molecular formula is C13H15NO2. The molecule has 0 aliphatic rings. The molecule has 0 aliphatic carbocycles. The first-order valence-electron chi connectivity index (χ1n) is 5.16. The number of ketones is 1. The van der Waals surface area contributed by atoms with Gasteiger partial charge in [0, 0.05) is 6.20 Å². The molecular weight excluding hydrogens is 202 g/mol. The average molecular weight is 217 g/mol. The summed E-state index contributed by atoms with van der Waals surface area (Å²) >= 11 is 0. The minimum absolute atomic E-state index is 0.0598. The zero-order chi connectivity index (χ0) is 11.8. The van der Waals surface area contributed by atoms with Crippen LogP contribution in [0, 0.1) is 0 Å². The van der Waals surface area contributed by atoms with E-state index in [0.29, 0.717) is 0 Å². The SMILES string of the molecule is CC(=O)CC(=O)NC=CCc1ccccc1. The van der Waals surface area contributed by atoms with Gasteiger partial charge in [-0.15, -0.1) is 0 Å². The Balaban J connectivity index is 2.28. The second-order valence-corrected chi connectivity index (χ2v) is 3.54. The Morgan fingerprint density at radius 3 is 2.56 bits per heavy atom. The highest BCUT2D eigenvalue weighted by molar-refractivity contribution is 5.97. The average Bonchev–Trinajstić information content (AvgIpc) is 2.25. The van der Waals surface area contributed by atoms with Gasteiger partial charge in [0.25, 0.3) is 0 Å². The molecule has 1 rings (SSSR count). The number of hydrogen-bond donors (Lipinski definition) is 1. The number of carbonyl (C=O) groups excluding carboxylic acids is 2. The quantitative estimate of drug-likeness (QED) is 0.765. The van der Waals surface area contributed by atoms with Crippen molar-refractivity contribution < 1.29 is 9.59 Å². The van der Waals surface area contributed by atoms with Gasteiger partial charge in [0.2, 0.25) is 5.91 Å². The van der Waals surface area contributed by atoms with E-state index < -0.39 is 0 Å². The third-order valence-corrected chi connectivity index (χ3v) is 1.97. The number of Topliss-reactive ketones (excluding diaryl/α,β-unsaturated/α-hetero) is 1. The Morgan fingerprint density at radius 2 is 1.94 bits per heavy atom. The molecule has 0 bridgehead atoms. The van der Waals surface area contributed by atoms with Crippen LogP contribution in [0.4, 0.5) is 0 Å². The summed E-state index contributed by atoms with van der Waals surface area (Å²) in [5.74, 6) is -0.397. The molecule has 16 heavy (non-hydrogen) atoms. The number of carbonyl (C=O) groups is 2. The number of nitrogens with one attached hydrogen (secondary N) is 1. The van der Waals surface area contributed by atoms with Gasteiger partial charge in [-0.3, -0.25) is 9.59 Å². The number of allylic oxidation sites excluding steroid dienone is 1. The summed E-state index contributed by atoms with van der Waals surface area (Å²) in [6, 6.07) is 9.93. The summed E-state index contributed by atoms with van der Waals surface area (Å²) in [5.41, 5.74) is 1.18. The summed E-state index contributed by atoms with van der Waals surface area (Å²) in [6.45, 7) is 1.40. The first kappa shape index (κ1) is 12.2. The van der Waals surface area contributed by atoms with E-state index in [4.69, 9.17) is 0 Å². The fraction of sp³-hybridized carbons (Fsp3) is 0.231. The fourth-order valence-corrected chi connectivity index (χ4v) is 1.24. The van der Waals surface area contributed by atoms with Crippen LogP contribution in [0.25, 0.3) is 0 Å². The van der Waals surface area contributed by atoms with Crippen molar-refractivity contribution in [2.24, 2.45) is 0 Å². The zero-order valence-electron chi connectivity index (χ0n) is 9.27. The van der Waals surface area contributed by atoms with E-state index in [0.717, 1.165) is 6.42 Å².